The van der Waals surface area contributed by atoms with Crippen LogP contribution in [-0.4, -0.2) is 19.9 Å². The zero-order valence-corrected chi connectivity index (χ0v) is 22.3. The van der Waals surface area contributed by atoms with Crippen molar-refractivity contribution >= 4 is 21.5 Å². The van der Waals surface area contributed by atoms with Crippen molar-refractivity contribution in [1.82, 2.24) is 19.9 Å². The van der Waals surface area contributed by atoms with Crippen LogP contribution in [-0.2, 0) is 0 Å². The highest BCUT2D eigenvalue weighted by molar-refractivity contribution is 5.88. The van der Waals surface area contributed by atoms with Crippen molar-refractivity contribution in [1.29, 1.82) is 0 Å². The minimum atomic E-state index is 0.648. The Hall–Kier alpha value is -5.22. The normalized spacial score (nSPS) is 11.2. The molecule has 0 amide bonds. The first-order valence-corrected chi connectivity index (χ1v) is 13.4. The second-order valence-electron chi connectivity index (χ2n) is 10.1. The number of fused-ring (bicyclic) bond motifs is 2. The lowest BCUT2D eigenvalue weighted by Crippen LogP contribution is -2.00. The van der Waals surface area contributed by atoms with Gasteiger partial charge in [0.15, 0.2) is 17.5 Å². The molecule has 7 rings (SSSR count). The first-order valence-electron chi connectivity index (χ1n) is 13.4. The summed E-state index contributed by atoms with van der Waals surface area (Å²) in [5.74, 6) is 1.96. The molecule has 4 heteroatoms. The van der Waals surface area contributed by atoms with Crippen LogP contribution >= 0.6 is 0 Å². The molecule has 7 aromatic rings. The summed E-state index contributed by atoms with van der Waals surface area (Å²) in [7, 11) is 0. The summed E-state index contributed by atoms with van der Waals surface area (Å²) in [5.41, 5.74) is 7.18. The molecular weight excluding hydrogens is 488 g/mol. The average Bonchev–Trinajstić information content (AvgIpc) is 3.00. The molecule has 40 heavy (non-hydrogen) atoms. The van der Waals surface area contributed by atoms with E-state index in [2.05, 4.69) is 126 Å². The fourth-order valence-corrected chi connectivity index (χ4v) is 5.23. The molecule has 0 aliphatic heterocycles. The molecule has 4 nitrogen and oxygen atoms in total. The van der Waals surface area contributed by atoms with E-state index >= 15 is 0 Å². The van der Waals surface area contributed by atoms with Crippen LogP contribution in [0.1, 0.15) is 11.4 Å². The minimum absolute atomic E-state index is 0.648. The third-order valence-electron chi connectivity index (χ3n) is 7.21. The number of aromatic nitrogens is 4. The van der Waals surface area contributed by atoms with Crippen LogP contribution in [0, 0.1) is 13.8 Å². The lowest BCUT2D eigenvalue weighted by atomic mass is 10.0. The molecule has 0 saturated heterocycles. The van der Waals surface area contributed by atoms with Crippen molar-refractivity contribution in [3.05, 3.63) is 133 Å². The van der Waals surface area contributed by atoms with Crippen LogP contribution in [0.3, 0.4) is 0 Å². The van der Waals surface area contributed by atoms with E-state index in [-0.39, 0.29) is 0 Å². The average molecular weight is 515 g/mol. The van der Waals surface area contributed by atoms with Gasteiger partial charge in [-0.1, -0.05) is 97.1 Å². The number of pyridine rings is 1. The van der Waals surface area contributed by atoms with Gasteiger partial charge in [0, 0.05) is 28.1 Å². The Morgan fingerprint density at radius 2 is 0.725 bits per heavy atom. The summed E-state index contributed by atoms with van der Waals surface area (Å²) in [4.78, 5) is 19.4. The van der Waals surface area contributed by atoms with Gasteiger partial charge in [-0.05, 0) is 70.8 Å². The Bertz CT molecular complexity index is 1910. The van der Waals surface area contributed by atoms with Crippen molar-refractivity contribution in [2.24, 2.45) is 0 Å². The van der Waals surface area contributed by atoms with E-state index in [4.69, 9.17) is 15.0 Å². The molecule has 0 saturated carbocycles. The maximum atomic E-state index is 4.97. The fourth-order valence-electron chi connectivity index (χ4n) is 5.23. The predicted molar refractivity (Wildman–Crippen MR) is 164 cm³/mol. The van der Waals surface area contributed by atoms with Crippen molar-refractivity contribution < 1.29 is 0 Å². The Morgan fingerprint density at radius 3 is 1.23 bits per heavy atom. The van der Waals surface area contributed by atoms with Gasteiger partial charge in [-0.2, -0.15) is 0 Å². The molecule has 0 radical (unpaired) electrons. The van der Waals surface area contributed by atoms with Gasteiger partial charge in [0.25, 0.3) is 0 Å². The number of rotatable bonds is 4. The molecule has 0 N–H and O–H groups in total. The van der Waals surface area contributed by atoms with E-state index in [1.54, 1.807) is 0 Å². The van der Waals surface area contributed by atoms with Gasteiger partial charge >= 0.3 is 0 Å². The van der Waals surface area contributed by atoms with Gasteiger partial charge in [-0.25, -0.2) is 15.0 Å². The van der Waals surface area contributed by atoms with Crippen LogP contribution in [0.2, 0.25) is 0 Å². The third-order valence-corrected chi connectivity index (χ3v) is 7.21. The number of nitrogens with zero attached hydrogens (tertiary/aromatic N) is 4. The molecule has 0 atom stereocenters. The smallest absolute Gasteiger partial charge is 0.164 e. The second-order valence-corrected chi connectivity index (χ2v) is 10.1. The second kappa shape index (κ2) is 9.83. The van der Waals surface area contributed by atoms with Crippen LogP contribution < -0.4 is 0 Å². The highest BCUT2D eigenvalue weighted by Crippen LogP contribution is 2.30. The van der Waals surface area contributed by atoms with E-state index in [1.807, 2.05) is 13.8 Å². The van der Waals surface area contributed by atoms with Crippen LogP contribution in [0.5, 0.6) is 0 Å². The molecule has 0 spiro atoms. The zero-order chi connectivity index (χ0) is 27.1. The fraction of sp³-hybridized carbons (Fsp3) is 0.0556. The monoisotopic (exact) mass is 514 g/mol. The van der Waals surface area contributed by atoms with E-state index in [0.717, 1.165) is 50.0 Å². The van der Waals surface area contributed by atoms with E-state index in [0.29, 0.717) is 17.5 Å². The van der Waals surface area contributed by atoms with Crippen LogP contribution in [0.4, 0.5) is 0 Å². The summed E-state index contributed by atoms with van der Waals surface area (Å²) < 4.78 is 0. The lowest BCUT2D eigenvalue weighted by molar-refractivity contribution is 1.07. The summed E-state index contributed by atoms with van der Waals surface area (Å²) >= 11 is 0. The third kappa shape index (κ3) is 4.61. The first kappa shape index (κ1) is 23.9. The number of benzene rings is 5. The van der Waals surface area contributed by atoms with Crippen LogP contribution in [0.25, 0.3) is 66.8 Å². The minimum Gasteiger partial charge on any atom is -0.258 e. The highest BCUT2D eigenvalue weighted by atomic mass is 15.0. The summed E-state index contributed by atoms with van der Waals surface area (Å²) in [6.07, 6.45) is 0. The largest absolute Gasteiger partial charge is 0.258 e. The van der Waals surface area contributed by atoms with Gasteiger partial charge in [0.1, 0.15) is 0 Å². The molecule has 0 bridgehead atoms. The predicted octanol–water partition coefficient (Wildman–Crippen LogP) is 8.86. The Morgan fingerprint density at radius 1 is 0.325 bits per heavy atom. The summed E-state index contributed by atoms with van der Waals surface area (Å²) in [6, 6.07) is 42.0. The van der Waals surface area contributed by atoms with Gasteiger partial charge in [0.05, 0.1) is 0 Å². The van der Waals surface area contributed by atoms with Gasteiger partial charge in [0.2, 0.25) is 0 Å². The topological polar surface area (TPSA) is 51.6 Å². The van der Waals surface area contributed by atoms with Gasteiger partial charge in [-0.3, -0.25) is 4.98 Å². The summed E-state index contributed by atoms with van der Waals surface area (Å²) in [6.45, 7) is 4.05. The maximum Gasteiger partial charge on any atom is 0.164 e. The molecule has 0 unspecified atom stereocenters. The molecule has 190 valence electrons. The zero-order valence-electron chi connectivity index (χ0n) is 22.3. The Labute approximate surface area is 233 Å². The van der Waals surface area contributed by atoms with Gasteiger partial charge < -0.3 is 0 Å². The van der Waals surface area contributed by atoms with E-state index in [1.165, 1.54) is 10.8 Å². The molecule has 2 aromatic heterocycles. The lowest BCUT2D eigenvalue weighted by Gasteiger charge is -2.10. The standard InChI is InChI=1S/C36H26N4/c1-23-19-33(20-24(2)37-23)27-11-15-28(16-12-27)34-38-35(31-17-13-25-7-3-5-9-29(25)21-31)40-36(39-34)32-18-14-26-8-4-6-10-30(26)22-32/h3-22H,1-2H3. The molecule has 0 aliphatic rings. The number of hydrogen-bond donors (Lipinski definition) is 0. The first-order chi connectivity index (χ1) is 19.6. The van der Waals surface area contributed by atoms with Gasteiger partial charge in [-0.15, -0.1) is 0 Å². The molecular formula is C36H26N4. The quantitative estimate of drug-likeness (QED) is 0.235. The maximum absolute atomic E-state index is 4.97. The Balaban J connectivity index is 1.37. The van der Waals surface area contributed by atoms with Crippen LogP contribution in [0.15, 0.2) is 121 Å². The highest BCUT2D eigenvalue weighted by Gasteiger charge is 2.14. The summed E-state index contributed by atoms with van der Waals surface area (Å²) in [5, 5.41) is 4.68. The van der Waals surface area contributed by atoms with Crippen molar-refractivity contribution in [2.75, 3.05) is 0 Å². The SMILES string of the molecule is Cc1cc(-c2ccc(-c3nc(-c4ccc5ccccc5c4)nc(-c4ccc5ccccc5c4)n3)cc2)cc(C)n1. The molecule has 0 fully saturated rings. The number of hydrogen-bond acceptors (Lipinski definition) is 4. The van der Waals surface area contributed by atoms with Crippen molar-refractivity contribution in [3.63, 3.8) is 0 Å². The molecule has 2 heterocycles. The van der Waals surface area contributed by atoms with Crippen molar-refractivity contribution in [3.8, 4) is 45.3 Å². The Kier molecular flexibility index (Phi) is 5.86. The van der Waals surface area contributed by atoms with Crippen molar-refractivity contribution in [2.45, 2.75) is 13.8 Å². The molecule has 5 aromatic carbocycles. The van der Waals surface area contributed by atoms with E-state index in [9.17, 15) is 0 Å². The number of aryl methyl sites for hydroxylation is 2. The molecule has 0 aliphatic carbocycles. The van der Waals surface area contributed by atoms with E-state index < -0.39 is 0 Å².